The zero-order chi connectivity index (χ0) is 9.78. The van der Waals surface area contributed by atoms with E-state index in [0.717, 1.165) is 6.42 Å². The lowest BCUT2D eigenvalue weighted by Crippen LogP contribution is -2.42. The first-order chi connectivity index (χ1) is 5.37. The van der Waals surface area contributed by atoms with Crippen LogP contribution in [0.2, 0.25) is 0 Å². The van der Waals surface area contributed by atoms with Gasteiger partial charge in [-0.25, -0.2) is 0 Å². The highest BCUT2D eigenvalue weighted by Crippen LogP contribution is 2.23. The number of hydrogen-bond donors (Lipinski definition) is 2. The van der Waals surface area contributed by atoms with Crippen molar-refractivity contribution in [2.75, 3.05) is 6.61 Å². The largest absolute Gasteiger partial charge is 0.394 e. The van der Waals surface area contributed by atoms with E-state index in [4.69, 9.17) is 10.8 Å². The van der Waals surface area contributed by atoms with Gasteiger partial charge >= 0.3 is 0 Å². The van der Waals surface area contributed by atoms with Gasteiger partial charge in [-0.2, -0.15) is 11.8 Å². The van der Waals surface area contributed by atoms with Gasteiger partial charge in [0.25, 0.3) is 0 Å². The molecule has 0 saturated carbocycles. The van der Waals surface area contributed by atoms with Crippen molar-refractivity contribution in [1.82, 2.24) is 0 Å². The summed E-state index contributed by atoms with van der Waals surface area (Å²) in [4.78, 5) is 0. The van der Waals surface area contributed by atoms with E-state index in [0.29, 0.717) is 10.5 Å². The summed E-state index contributed by atoms with van der Waals surface area (Å²) in [6.45, 7) is 8.47. The first kappa shape index (κ1) is 12.3. The minimum absolute atomic E-state index is 0.0655. The Labute approximate surface area is 79.9 Å². The van der Waals surface area contributed by atoms with Crippen molar-refractivity contribution in [2.45, 2.75) is 50.2 Å². The fraction of sp³-hybridized carbons (Fsp3) is 1.00. The van der Waals surface area contributed by atoms with Crippen LogP contribution in [0.4, 0.5) is 0 Å². The Bertz CT molecular complexity index is 126. The van der Waals surface area contributed by atoms with Crippen LogP contribution in [0.5, 0.6) is 0 Å². The molecule has 0 aliphatic heterocycles. The Morgan fingerprint density at radius 1 is 1.42 bits per heavy atom. The maximum Gasteiger partial charge on any atom is 0.0608 e. The summed E-state index contributed by atoms with van der Waals surface area (Å²) in [6, 6.07) is 0. The van der Waals surface area contributed by atoms with Crippen LogP contribution in [-0.2, 0) is 0 Å². The molecule has 0 amide bonds. The predicted molar refractivity (Wildman–Crippen MR) is 56.5 cm³/mol. The van der Waals surface area contributed by atoms with Crippen molar-refractivity contribution in [3.8, 4) is 0 Å². The number of thioether (sulfide) groups is 1. The molecule has 3 N–H and O–H groups in total. The lowest BCUT2D eigenvalue weighted by atomic mass is 9.99. The molecule has 0 aromatic heterocycles. The zero-order valence-electron chi connectivity index (χ0n) is 8.50. The lowest BCUT2D eigenvalue weighted by Gasteiger charge is -2.26. The molecule has 0 heterocycles. The van der Waals surface area contributed by atoms with Gasteiger partial charge in [0.15, 0.2) is 0 Å². The molecule has 0 aromatic rings. The Morgan fingerprint density at radius 3 is 2.25 bits per heavy atom. The SMILES string of the molecule is CC(C)SC(C)CC(C)(N)CO. The van der Waals surface area contributed by atoms with Crippen LogP contribution in [-0.4, -0.2) is 27.8 Å². The summed E-state index contributed by atoms with van der Waals surface area (Å²) in [5.41, 5.74) is 5.41. The third-order valence-corrected chi connectivity index (χ3v) is 2.80. The van der Waals surface area contributed by atoms with E-state index in [2.05, 4.69) is 20.8 Å². The van der Waals surface area contributed by atoms with Gasteiger partial charge in [0.1, 0.15) is 0 Å². The molecule has 0 radical (unpaired) electrons. The summed E-state index contributed by atoms with van der Waals surface area (Å²) in [6.07, 6.45) is 0.867. The van der Waals surface area contributed by atoms with E-state index in [9.17, 15) is 0 Å². The summed E-state index contributed by atoms with van der Waals surface area (Å²) >= 11 is 1.91. The first-order valence-electron chi connectivity index (χ1n) is 4.42. The van der Waals surface area contributed by atoms with Gasteiger partial charge in [-0.1, -0.05) is 20.8 Å². The topological polar surface area (TPSA) is 46.2 Å². The number of rotatable bonds is 5. The Kier molecular flexibility index (Phi) is 5.21. The highest BCUT2D eigenvalue weighted by Gasteiger charge is 2.21. The minimum atomic E-state index is -0.415. The fourth-order valence-corrected chi connectivity index (χ4v) is 2.64. The third-order valence-electron chi connectivity index (χ3n) is 1.62. The maximum atomic E-state index is 8.94. The second kappa shape index (κ2) is 5.10. The Morgan fingerprint density at radius 2 is 1.92 bits per heavy atom. The van der Waals surface area contributed by atoms with E-state index < -0.39 is 5.54 Å². The van der Waals surface area contributed by atoms with Crippen LogP contribution < -0.4 is 5.73 Å². The van der Waals surface area contributed by atoms with Gasteiger partial charge in [0, 0.05) is 10.8 Å². The summed E-state index contributed by atoms with van der Waals surface area (Å²) in [5, 5.41) is 10.1. The zero-order valence-corrected chi connectivity index (χ0v) is 9.32. The summed E-state index contributed by atoms with van der Waals surface area (Å²) < 4.78 is 0. The molecular weight excluding hydrogens is 170 g/mol. The quantitative estimate of drug-likeness (QED) is 0.694. The van der Waals surface area contributed by atoms with Crippen molar-refractivity contribution in [3.63, 3.8) is 0 Å². The Hall–Kier alpha value is 0.270. The average molecular weight is 191 g/mol. The van der Waals surface area contributed by atoms with Crippen molar-refractivity contribution in [1.29, 1.82) is 0 Å². The molecule has 0 aromatic carbocycles. The van der Waals surface area contributed by atoms with Crippen molar-refractivity contribution < 1.29 is 5.11 Å². The minimum Gasteiger partial charge on any atom is -0.394 e. The first-order valence-corrected chi connectivity index (χ1v) is 5.37. The molecule has 12 heavy (non-hydrogen) atoms. The third kappa shape index (κ3) is 5.86. The van der Waals surface area contributed by atoms with Crippen LogP contribution in [0.1, 0.15) is 34.1 Å². The molecule has 2 unspecified atom stereocenters. The van der Waals surface area contributed by atoms with Crippen LogP contribution in [0, 0.1) is 0 Å². The van der Waals surface area contributed by atoms with Crippen LogP contribution in [0.3, 0.4) is 0 Å². The van der Waals surface area contributed by atoms with Gasteiger partial charge in [-0.05, 0) is 18.6 Å². The number of aliphatic hydroxyl groups excluding tert-OH is 1. The smallest absolute Gasteiger partial charge is 0.0608 e. The molecule has 0 aliphatic rings. The highest BCUT2D eigenvalue weighted by molar-refractivity contribution is 8.00. The molecule has 0 bridgehead atoms. The average Bonchev–Trinajstić information content (AvgIpc) is 1.84. The molecule has 0 aliphatic carbocycles. The van der Waals surface area contributed by atoms with Gasteiger partial charge in [0.2, 0.25) is 0 Å². The maximum absolute atomic E-state index is 8.94. The van der Waals surface area contributed by atoms with Gasteiger partial charge in [0.05, 0.1) is 6.61 Å². The lowest BCUT2D eigenvalue weighted by molar-refractivity contribution is 0.201. The van der Waals surface area contributed by atoms with Crippen LogP contribution >= 0.6 is 11.8 Å². The molecule has 2 nitrogen and oxygen atoms in total. The van der Waals surface area contributed by atoms with Gasteiger partial charge < -0.3 is 10.8 Å². The van der Waals surface area contributed by atoms with E-state index in [-0.39, 0.29) is 6.61 Å². The van der Waals surface area contributed by atoms with Crippen molar-refractivity contribution in [3.05, 3.63) is 0 Å². The molecular formula is C9H21NOS. The molecule has 0 spiro atoms. The second-order valence-electron chi connectivity index (χ2n) is 4.01. The van der Waals surface area contributed by atoms with E-state index in [1.54, 1.807) is 0 Å². The fourth-order valence-electron chi connectivity index (χ4n) is 1.23. The molecule has 74 valence electrons. The molecule has 2 atom stereocenters. The van der Waals surface area contributed by atoms with E-state index >= 15 is 0 Å². The molecule has 0 saturated heterocycles. The number of aliphatic hydroxyl groups is 1. The van der Waals surface area contributed by atoms with Crippen LogP contribution in [0.25, 0.3) is 0 Å². The summed E-state index contributed by atoms with van der Waals surface area (Å²) in [7, 11) is 0. The van der Waals surface area contributed by atoms with E-state index in [1.165, 1.54) is 0 Å². The van der Waals surface area contributed by atoms with Gasteiger partial charge in [-0.15, -0.1) is 0 Å². The second-order valence-corrected chi connectivity index (χ2v) is 6.03. The number of nitrogens with two attached hydrogens (primary N) is 1. The molecule has 0 fully saturated rings. The Balaban J connectivity index is 3.75. The number of hydrogen-bond acceptors (Lipinski definition) is 3. The van der Waals surface area contributed by atoms with Crippen LogP contribution in [0.15, 0.2) is 0 Å². The van der Waals surface area contributed by atoms with Crippen molar-refractivity contribution in [2.24, 2.45) is 5.73 Å². The molecule has 0 rings (SSSR count). The molecule has 3 heteroatoms. The van der Waals surface area contributed by atoms with Gasteiger partial charge in [-0.3, -0.25) is 0 Å². The normalized spacial score (nSPS) is 19.2. The monoisotopic (exact) mass is 191 g/mol. The predicted octanol–water partition coefficient (Wildman–Crippen LogP) is 1.62. The highest BCUT2D eigenvalue weighted by atomic mass is 32.2. The van der Waals surface area contributed by atoms with Crippen molar-refractivity contribution >= 4 is 11.8 Å². The summed E-state index contributed by atoms with van der Waals surface area (Å²) in [5.74, 6) is 0. The van der Waals surface area contributed by atoms with E-state index in [1.807, 2.05) is 18.7 Å². The standard InChI is InChI=1S/C9H21NOS/c1-7(2)12-8(3)5-9(4,10)6-11/h7-8,11H,5-6,10H2,1-4H3.